The lowest BCUT2D eigenvalue weighted by atomic mass is 10.3. The monoisotopic (exact) mass is 240 g/mol. The second-order valence-corrected chi connectivity index (χ2v) is 3.59. The molecule has 0 saturated carbocycles. The van der Waals surface area contributed by atoms with E-state index >= 15 is 0 Å². The molecule has 0 aliphatic rings. The summed E-state index contributed by atoms with van der Waals surface area (Å²) in [7, 11) is 1.71. The van der Waals surface area contributed by atoms with E-state index in [1.54, 1.807) is 7.11 Å². The van der Waals surface area contributed by atoms with Gasteiger partial charge in [-0.05, 0) is 19.1 Å². The van der Waals surface area contributed by atoms with Crippen molar-refractivity contribution in [3.05, 3.63) is 24.3 Å². The van der Waals surface area contributed by atoms with Crippen LogP contribution in [0, 0.1) is 0 Å². The average molecular weight is 240 g/mol. The molecule has 0 atom stereocenters. The van der Waals surface area contributed by atoms with Gasteiger partial charge in [-0.15, -0.1) is 0 Å². The minimum Gasteiger partial charge on any atom is -0.490 e. The number of benzene rings is 1. The smallest absolute Gasteiger partial charge is 0.161 e. The van der Waals surface area contributed by atoms with Gasteiger partial charge in [-0.2, -0.15) is 0 Å². The first kappa shape index (κ1) is 13.8. The lowest BCUT2D eigenvalue weighted by molar-refractivity contribution is -0.656. The van der Waals surface area contributed by atoms with E-state index in [1.165, 1.54) is 0 Å². The molecular weight excluding hydrogens is 218 g/mol. The summed E-state index contributed by atoms with van der Waals surface area (Å²) in [6.45, 7) is 5.95. The first-order valence-corrected chi connectivity index (χ1v) is 6.03. The van der Waals surface area contributed by atoms with Gasteiger partial charge in [0.1, 0.15) is 13.2 Å². The quantitative estimate of drug-likeness (QED) is 0.645. The summed E-state index contributed by atoms with van der Waals surface area (Å²) >= 11 is 0. The van der Waals surface area contributed by atoms with Crippen LogP contribution in [0.15, 0.2) is 24.3 Å². The molecule has 17 heavy (non-hydrogen) atoms. The van der Waals surface area contributed by atoms with Crippen molar-refractivity contribution in [1.82, 2.24) is 0 Å². The number of hydrogen-bond acceptors (Lipinski definition) is 3. The van der Waals surface area contributed by atoms with E-state index in [2.05, 4.69) is 5.32 Å². The molecule has 4 heteroatoms. The molecule has 0 heterocycles. The molecule has 1 rings (SSSR count). The highest BCUT2D eigenvalue weighted by atomic mass is 16.5. The zero-order chi connectivity index (χ0) is 12.3. The van der Waals surface area contributed by atoms with Crippen LogP contribution in [0.5, 0.6) is 11.5 Å². The maximum absolute atomic E-state index is 5.67. The van der Waals surface area contributed by atoms with Gasteiger partial charge in [0.05, 0.1) is 19.8 Å². The third kappa shape index (κ3) is 5.56. The van der Waals surface area contributed by atoms with Crippen LogP contribution in [0.3, 0.4) is 0 Å². The molecule has 96 valence electrons. The molecule has 0 amide bonds. The van der Waals surface area contributed by atoms with Crippen molar-refractivity contribution in [2.75, 3.05) is 40.0 Å². The zero-order valence-corrected chi connectivity index (χ0v) is 10.6. The Morgan fingerprint density at radius 2 is 1.65 bits per heavy atom. The van der Waals surface area contributed by atoms with Gasteiger partial charge in [0.15, 0.2) is 11.5 Å². The Bertz CT molecular complexity index is 304. The topological polar surface area (TPSA) is 44.3 Å². The lowest BCUT2D eigenvalue weighted by Gasteiger charge is -2.10. The van der Waals surface area contributed by atoms with Crippen LogP contribution >= 0.6 is 0 Å². The minimum atomic E-state index is 0.653. The molecule has 2 N–H and O–H groups in total. The maximum Gasteiger partial charge on any atom is 0.161 e. The maximum atomic E-state index is 5.67. The molecule has 0 aromatic heterocycles. The molecular formula is C13H22NO3+. The second kappa shape index (κ2) is 8.84. The van der Waals surface area contributed by atoms with Gasteiger partial charge >= 0.3 is 0 Å². The summed E-state index contributed by atoms with van der Waals surface area (Å²) in [6.07, 6.45) is 0. The number of rotatable bonds is 9. The van der Waals surface area contributed by atoms with Crippen LogP contribution < -0.4 is 14.8 Å². The molecule has 0 aliphatic carbocycles. The minimum absolute atomic E-state index is 0.653. The molecule has 1 aromatic rings. The number of ether oxygens (including phenoxy) is 3. The van der Waals surface area contributed by atoms with Crippen molar-refractivity contribution < 1.29 is 19.5 Å². The Hall–Kier alpha value is -1.26. The Kier molecular flexibility index (Phi) is 7.18. The van der Waals surface area contributed by atoms with Crippen LogP contribution in [-0.2, 0) is 4.74 Å². The molecule has 0 radical (unpaired) electrons. The molecule has 0 fully saturated rings. The Morgan fingerprint density at radius 1 is 1.00 bits per heavy atom. The largest absolute Gasteiger partial charge is 0.490 e. The van der Waals surface area contributed by atoms with Crippen LogP contribution in [-0.4, -0.2) is 40.0 Å². The van der Waals surface area contributed by atoms with Crippen molar-refractivity contribution in [3.8, 4) is 11.5 Å². The fourth-order valence-corrected chi connectivity index (χ4v) is 1.44. The molecule has 0 unspecified atom stereocenters. The second-order valence-electron chi connectivity index (χ2n) is 3.59. The van der Waals surface area contributed by atoms with Crippen molar-refractivity contribution >= 4 is 0 Å². The van der Waals surface area contributed by atoms with Gasteiger partial charge in [0.2, 0.25) is 0 Å². The fourth-order valence-electron chi connectivity index (χ4n) is 1.44. The van der Waals surface area contributed by atoms with Gasteiger partial charge in [-0.25, -0.2) is 0 Å². The summed E-state index contributed by atoms with van der Waals surface area (Å²) in [6, 6.07) is 7.75. The zero-order valence-electron chi connectivity index (χ0n) is 10.6. The van der Waals surface area contributed by atoms with Crippen molar-refractivity contribution in [2.24, 2.45) is 0 Å². The molecule has 0 spiro atoms. The summed E-state index contributed by atoms with van der Waals surface area (Å²) < 4.78 is 16.1. The highest BCUT2D eigenvalue weighted by Crippen LogP contribution is 2.25. The van der Waals surface area contributed by atoms with E-state index in [1.807, 2.05) is 31.2 Å². The predicted octanol–water partition coefficient (Wildman–Crippen LogP) is 0.674. The van der Waals surface area contributed by atoms with E-state index in [4.69, 9.17) is 14.2 Å². The Balaban J connectivity index is 2.25. The summed E-state index contributed by atoms with van der Waals surface area (Å²) in [5, 5.41) is 2.17. The molecule has 1 aromatic carbocycles. The van der Waals surface area contributed by atoms with E-state index in [-0.39, 0.29) is 0 Å². The summed E-state index contributed by atoms with van der Waals surface area (Å²) in [4.78, 5) is 0. The third-order valence-corrected chi connectivity index (χ3v) is 2.25. The Labute approximate surface area is 103 Å². The lowest BCUT2D eigenvalue weighted by Crippen LogP contribution is -2.86. The standard InChI is InChI=1S/C13H21NO3/c1-3-16-12-6-4-5-7-13(12)17-11-9-14-8-10-15-2/h4-7,14H,3,8-11H2,1-2H3/p+1. The van der Waals surface area contributed by atoms with Gasteiger partial charge in [-0.3, -0.25) is 0 Å². The van der Waals surface area contributed by atoms with Crippen LogP contribution in [0.25, 0.3) is 0 Å². The third-order valence-electron chi connectivity index (χ3n) is 2.25. The number of para-hydroxylation sites is 2. The van der Waals surface area contributed by atoms with Crippen molar-refractivity contribution in [3.63, 3.8) is 0 Å². The van der Waals surface area contributed by atoms with Crippen LogP contribution in [0.2, 0.25) is 0 Å². The number of methoxy groups -OCH3 is 1. The molecule has 0 bridgehead atoms. The first-order valence-electron chi connectivity index (χ1n) is 6.03. The summed E-state index contributed by atoms with van der Waals surface area (Å²) in [5.41, 5.74) is 0. The van der Waals surface area contributed by atoms with Gasteiger partial charge < -0.3 is 19.5 Å². The molecule has 0 aliphatic heterocycles. The number of nitrogens with two attached hydrogens (primary N) is 1. The van der Waals surface area contributed by atoms with Crippen LogP contribution in [0.1, 0.15) is 6.92 Å². The highest BCUT2D eigenvalue weighted by molar-refractivity contribution is 5.39. The normalized spacial score (nSPS) is 10.2. The highest BCUT2D eigenvalue weighted by Gasteiger charge is 2.03. The van der Waals surface area contributed by atoms with Gasteiger partial charge in [0, 0.05) is 7.11 Å². The molecule has 0 saturated heterocycles. The van der Waals surface area contributed by atoms with Gasteiger partial charge in [0.25, 0.3) is 0 Å². The van der Waals surface area contributed by atoms with E-state index in [0.717, 1.165) is 31.2 Å². The van der Waals surface area contributed by atoms with Gasteiger partial charge in [-0.1, -0.05) is 12.1 Å². The van der Waals surface area contributed by atoms with Crippen LogP contribution in [0.4, 0.5) is 0 Å². The van der Waals surface area contributed by atoms with E-state index < -0.39 is 0 Å². The average Bonchev–Trinajstić information content (AvgIpc) is 2.36. The first-order chi connectivity index (χ1) is 8.38. The fraction of sp³-hybridized carbons (Fsp3) is 0.538. The van der Waals surface area contributed by atoms with E-state index in [0.29, 0.717) is 13.2 Å². The number of hydrogen-bond donors (Lipinski definition) is 1. The van der Waals surface area contributed by atoms with Crippen molar-refractivity contribution in [2.45, 2.75) is 6.92 Å². The van der Waals surface area contributed by atoms with E-state index in [9.17, 15) is 0 Å². The number of quaternary nitrogens is 1. The molecule has 4 nitrogen and oxygen atoms in total. The Morgan fingerprint density at radius 3 is 2.29 bits per heavy atom. The summed E-state index contributed by atoms with van der Waals surface area (Å²) in [5.74, 6) is 1.63. The predicted molar refractivity (Wildman–Crippen MR) is 66.6 cm³/mol. The van der Waals surface area contributed by atoms with Crippen molar-refractivity contribution in [1.29, 1.82) is 0 Å². The SMILES string of the molecule is CCOc1ccccc1OCC[NH2+]CCOC.